The van der Waals surface area contributed by atoms with Crippen molar-refractivity contribution in [2.45, 2.75) is 4.90 Å². The van der Waals surface area contributed by atoms with Gasteiger partial charge in [0.25, 0.3) is 10.0 Å². The Morgan fingerprint density at radius 1 is 0.905 bits per heavy atom. The van der Waals surface area contributed by atoms with E-state index in [0.717, 1.165) is 4.47 Å². The normalized spacial score (nSPS) is 11.5. The average molecular weight is 539 g/mol. The highest BCUT2D eigenvalue weighted by molar-refractivity contribution is 9.11. The van der Waals surface area contributed by atoms with Crippen molar-refractivity contribution in [3.05, 3.63) is 53.8 Å². The van der Waals surface area contributed by atoms with E-state index in [-0.39, 0.29) is 14.9 Å². The molecule has 21 heavy (non-hydrogen) atoms. The van der Waals surface area contributed by atoms with Gasteiger partial charge in [0, 0.05) is 13.4 Å². The molecular weight excluding hydrogens is 533 g/mol. The number of anilines is 1. The SMILES string of the molecule is O=S(=O)(Nc1ccc(Br)cc1Br)c1c(Cl)cc(Br)cc1Cl. The molecule has 0 unspecified atom stereocenters. The first-order valence-corrected chi connectivity index (χ1v) is 9.95. The summed E-state index contributed by atoms with van der Waals surface area (Å²) in [4.78, 5) is -0.163. The molecular formula is C12H6Br3Cl2NO2S. The first-order chi connectivity index (χ1) is 9.70. The van der Waals surface area contributed by atoms with E-state index in [0.29, 0.717) is 14.6 Å². The van der Waals surface area contributed by atoms with E-state index >= 15 is 0 Å². The van der Waals surface area contributed by atoms with E-state index < -0.39 is 10.0 Å². The van der Waals surface area contributed by atoms with E-state index in [1.54, 1.807) is 18.2 Å². The number of benzene rings is 2. The van der Waals surface area contributed by atoms with Crippen LogP contribution in [0.5, 0.6) is 0 Å². The monoisotopic (exact) mass is 535 g/mol. The Morgan fingerprint density at radius 2 is 1.48 bits per heavy atom. The molecule has 0 heterocycles. The Morgan fingerprint density at radius 3 is 2.00 bits per heavy atom. The van der Waals surface area contributed by atoms with Crippen LogP contribution in [0.15, 0.2) is 48.6 Å². The lowest BCUT2D eigenvalue weighted by Gasteiger charge is -2.13. The van der Waals surface area contributed by atoms with Gasteiger partial charge >= 0.3 is 0 Å². The summed E-state index contributed by atoms with van der Waals surface area (Å²) >= 11 is 21.8. The van der Waals surface area contributed by atoms with Crippen LogP contribution in [0.1, 0.15) is 0 Å². The largest absolute Gasteiger partial charge is 0.278 e. The Bertz CT molecular complexity index is 789. The highest BCUT2D eigenvalue weighted by Gasteiger charge is 2.23. The molecule has 0 aliphatic carbocycles. The molecule has 0 aromatic heterocycles. The van der Waals surface area contributed by atoms with Crippen molar-refractivity contribution >= 4 is 86.7 Å². The second kappa shape index (κ2) is 6.76. The highest BCUT2D eigenvalue weighted by atomic mass is 79.9. The molecule has 0 saturated carbocycles. The fourth-order valence-electron chi connectivity index (χ4n) is 1.55. The smallest absolute Gasteiger partial charge is 0.264 e. The number of nitrogens with one attached hydrogen (secondary N) is 1. The molecule has 0 aliphatic rings. The van der Waals surface area contributed by atoms with Crippen molar-refractivity contribution in [1.82, 2.24) is 0 Å². The minimum atomic E-state index is -3.91. The molecule has 0 amide bonds. The molecule has 2 aromatic carbocycles. The number of sulfonamides is 1. The lowest BCUT2D eigenvalue weighted by Crippen LogP contribution is -2.14. The fraction of sp³-hybridized carbons (Fsp3) is 0. The van der Waals surface area contributed by atoms with Gasteiger partial charge in [0.2, 0.25) is 0 Å². The summed E-state index contributed by atoms with van der Waals surface area (Å²) in [6.45, 7) is 0. The van der Waals surface area contributed by atoms with Crippen LogP contribution in [0.2, 0.25) is 10.0 Å². The Labute approximate surface area is 157 Å². The third-order valence-electron chi connectivity index (χ3n) is 2.41. The second-order valence-electron chi connectivity index (χ2n) is 3.93. The van der Waals surface area contributed by atoms with Gasteiger partial charge in [-0.05, 0) is 46.3 Å². The van der Waals surface area contributed by atoms with Gasteiger partial charge in [0.15, 0.2) is 0 Å². The van der Waals surface area contributed by atoms with Crippen molar-refractivity contribution in [1.29, 1.82) is 0 Å². The van der Waals surface area contributed by atoms with Gasteiger partial charge in [-0.15, -0.1) is 0 Å². The van der Waals surface area contributed by atoms with Crippen LogP contribution in [0, 0.1) is 0 Å². The van der Waals surface area contributed by atoms with Gasteiger partial charge in [0.1, 0.15) is 4.90 Å². The van der Waals surface area contributed by atoms with Gasteiger partial charge in [-0.25, -0.2) is 8.42 Å². The molecule has 2 aromatic rings. The molecule has 0 fully saturated rings. The molecule has 9 heteroatoms. The Hall–Kier alpha value is 0.210. The molecule has 0 atom stereocenters. The van der Waals surface area contributed by atoms with Gasteiger partial charge < -0.3 is 0 Å². The number of hydrogen-bond donors (Lipinski definition) is 1. The van der Waals surface area contributed by atoms with Crippen LogP contribution in [0.25, 0.3) is 0 Å². The third-order valence-corrected chi connectivity index (χ3v) is 6.30. The molecule has 0 spiro atoms. The summed E-state index contributed by atoms with van der Waals surface area (Å²) in [5.74, 6) is 0. The van der Waals surface area contributed by atoms with Crippen LogP contribution < -0.4 is 4.72 Å². The van der Waals surface area contributed by atoms with Crippen molar-refractivity contribution in [2.24, 2.45) is 0 Å². The zero-order chi connectivity index (χ0) is 15.8. The van der Waals surface area contributed by atoms with Crippen molar-refractivity contribution in [2.75, 3.05) is 4.72 Å². The highest BCUT2D eigenvalue weighted by Crippen LogP contribution is 2.35. The van der Waals surface area contributed by atoms with E-state index in [2.05, 4.69) is 52.5 Å². The van der Waals surface area contributed by atoms with Gasteiger partial charge in [-0.1, -0.05) is 55.1 Å². The summed E-state index contributed by atoms with van der Waals surface area (Å²) in [7, 11) is -3.91. The molecule has 2 rings (SSSR count). The lowest BCUT2D eigenvalue weighted by atomic mass is 10.3. The molecule has 1 N–H and O–H groups in total. The maximum atomic E-state index is 12.5. The maximum Gasteiger partial charge on any atom is 0.264 e. The molecule has 3 nitrogen and oxygen atoms in total. The molecule has 0 radical (unpaired) electrons. The van der Waals surface area contributed by atoms with Crippen LogP contribution in [0.4, 0.5) is 5.69 Å². The van der Waals surface area contributed by atoms with Gasteiger partial charge in [-0.3, -0.25) is 4.72 Å². The van der Waals surface area contributed by atoms with E-state index in [1.807, 2.05) is 0 Å². The van der Waals surface area contributed by atoms with Crippen molar-refractivity contribution < 1.29 is 8.42 Å². The number of hydrogen-bond acceptors (Lipinski definition) is 2. The maximum absolute atomic E-state index is 12.5. The topological polar surface area (TPSA) is 46.2 Å². The summed E-state index contributed by atoms with van der Waals surface area (Å²) in [6, 6.07) is 8.00. The average Bonchev–Trinajstić information content (AvgIpc) is 2.30. The molecule has 112 valence electrons. The standard InChI is InChI=1S/C12H6Br3Cl2NO2S/c13-6-1-2-11(8(15)3-6)18-21(19,20)12-9(16)4-7(14)5-10(12)17/h1-5,18H. The number of rotatable bonds is 3. The zero-order valence-corrected chi connectivity index (χ0v) is 17.1. The van der Waals surface area contributed by atoms with Crippen LogP contribution in [-0.2, 0) is 10.0 Å². The predicted octanol–water partition coefficient (Wildman–Crippen LogP) is 6.08. The second-order valence-corrected chi connectivity index (χ2v) is 9.05. The Balaban J connectivity index is 2.48. The van der Waals surface area contributed by atoms with Gasteiger partial charge in [-0.2, -0.15) is 0 Å². The summed E-state index contributed by atoms with van der Waals surface area (Å²) in [6.07, 6.45) is 0. The minimum Gasteiger partial charge on any atom is -0.278 e. The summed E-state index contributed by atoms with van der Waals surface area (Å²) in [5.41, 5.74) is 0.383. The third kappa shape index (κ3) is 4.14. The first kappa shape index (κ1) is 17.6. The lowest BCUT2D eigenvalue weighted by molar-refractivity contribution is 0.601. The zero-order valence-electron chi connectivity index (χ0n) is 10.0. The Kier molecular flexibility index (Phi) is 5.66. The van der Waals surface area contributed by atoms with E-state index in [4.69, 9.17) is 23.2 Å². The molecule has 0 saturated heterocycles. The van der Waals surface area contributed by atoms with Crippen molar-refractivity contribution in [3.63, 3.8) is 0 Å². The minimum absolute atomic E-state index is 0.0371. The summed E-state index contributed by atoms with van der Waals surface area (Å²) in [5, 5.41) is 0.0743. The quantitative estimate of drug-likeness (QED) is 0.515. The van der Waals surface area contributed by atoms with E-state index in [1.165, 1.54) is 12.1 Å². The van der Waals surface area contributed by atoms with Gasteiger partial charge in [0.05, 0.1) is 15.7 Å². The van der Waals surface area contributed by atoms with Crippen LogP contribution in [0.3, 0.4) is 0 Å². The van der Waals surface area contributed by atoms with Crippen LogP contribution in [-0.4, -0.2) is 8.42 Å². The first-order valence-electron chi connectivity index (χ1n) is 5.33. The molecule has 0 bridgehead atoms. The van der Waals surface area contributed by atoms with Crippen LogP contribution >= 0.6 is 71.0 Å². The number of halogens is 5. The summed E-state index contributed by atoms with van der Waals surface area (Å²) < 4.78 is 29.4. The van der Waals surface area contributed by atoms with E-state index in [9.17, 15) is 8.42 Å². The fourth-order valence-corrected chi connectivity index (χ4v) is 5.85. The van der Waals surface area contributed by atoms with Crippen molar-refractivity contribution in [3.8, 4) is 0 Å². The predicted molar refractivity (Wildman–Crippen MR) is 96.8 cm³/mol. The molecule has 0 aliphatic heterocycles.